The van der Waals surface area contributed by atoms with Crippen LogP contribution in [0, 0.1) is 19.7 Å². The van der Waals surface area contributed by atoms with Crippen LogP contribution in [-0.2, 0) is 14.8 Å². The molecule has 0 radical (unpaired) electrons. The highest BCUT2D eigenvalue weighted by Crippen LogP contribution is 2.25. The molecule has 0 spiro atoms. The van der Waals surface area contributed by atoms with Crippen LogP contribution in [0.25, 0.3) is 0 Å². The molecule has 0 bridgehead atoms. The molecule has 0 fully saturated rings. The van der Waals surface area contributed by atoms with Crippen molar-refractivity contribution in [3.63, 3.8) is 0 Å². The van der Waals surface area contributed by atoms with Crippen molar-refractivity contribution in [2.75, 3.05) is 15.4 Å². The lowest BCUT2D eigenvalue weighted by Crippen LogP contribution is -2.18. The van der Waals surface area contributed by atoms with Gasteiger partial charge in [0, 0.05) is 18.2 Å². The average Bonchev–Trinajstić information content (AvgIpc) is 2.71. The third-order valence-electron chi connectivity index (χ3n) is 4.59. The Labute approximate surface area is 185 Å². The van der Waals surface area contributed by atoms with Gasteiger partial charge >= 0.3 is 0 Å². The quantitative estimate of drug-likeness (QED) is 0.511. The molecule has 3 N–H and O–H groups in total. The van der Waals surface area contributed by atoms with E-state index in [0.717, 1.165) is 17.7 Å². The highest BCUT2D eigenvalue weighted by atomic mass is 32.2. The van der Waals surface area contributed by atoms with Crippen LogP contribution in [0.15, 0.2) is 65.6 Å². The Morgan fingerprint density at radius 3 is 2.19 bits per heavy atom. The molecule has 0 aliphatic carbocycles. The highest BCUT2D eigenvalue weighted by molar-refractivity contribution is 7.92. The number of nitrogens with one attached hydrogen (secondary N) is 3. The first-order chi connectivity index (χ1) is 15.0. The minimum absolute atomic E-state index is 0.121. The fraction of sp³-hybridized carbons (Fsp3) is 0.130. The fourth-order valence-corrected chi connectivity index (χ4v) is 4.08. The summed E-state index contributed by atoms with van der Waals surface area (Å²) in [6, 6.07) is 14.2. The monoisotopic (exact) mass is 455 g/mol. The van der Waals surface area contributed by atoms with E-state index in [1.165, 1.54) is 37.3 Å². The zero-order chi connectivity index (χ0) is 23.5. The van der Waals surface area contributed by atoms with Crippen molar-refractivity contribution in [1.29, 1.82) is 0 Å². The summed E-state index contributed by atoms with van der Waals surface area (Å²) in [5.41, 5.74) is 2.60. The Morgan fingerprint density at radius 1 is 0.844 bits per heavy atom. The molecule has 2 amide bonds. The standard InChI is InChI=1S/C23H22FN3O4S/c1-14-4-11-21(25-16(3)28)22(12-14)26-23(29)20-13-19(10-5-15(20)2)32(30,31)27-18-8-6-17(24)7-9-18/h4-13,27H,1-3H3,(H,25,28)(H,26,29). The Bertz CT molecular complexity index is 1290. The first-order valence-corrected chi connectivity index (χ1v) is 11.1. The summed E-state index contributed by atoms with van der Waals surface area (Å²) in [7, 11) is -4.01. The third-order valence-corrected chi connectivity index (χ3v) is 5.97. The average molecular weight is 456 g/mol. The van der Waals surface area contributed by atoms with Crippen molar-refractivity contribution in [2.45, 2.75) is 25.7 Å². The smallest absolute Gasteiger partial charge is 0.261 e. The third kappa shape index (κ3) is 5.50. The summed E-state index contributed by atoms with van der Waals surface area (Å²) in [5, 5.41) is 5.39. The van der Waals surface area contributed by atoms with Crippen LogP contribution in [-0.4, -0.2) is 20.2 Å². The van der Waals surface area contributed by atoms with Crippen molar-refractivity contribution in [1.82, 2.24) is 0 Å². The van der Waals surface area contributed by atoms with Crippen molar-refractivity contribution in [3.8, 4) is 0 Å². The highest BCUT2D eigenvalue weighted by Gasteiger charge is 2.19. The van der Waals surface area contributed by atoms with Crippen LogP contribution in [0.5, 0.6) is 0 Å². The summed E-state index contributed by atoms with van der Waals surface area (Å²) in [5.74, 6) is -1.31. The van der Waals surface area contributed by atoms with E-state index in [1.54, 1.807) is 25.1 Å². The van der Waals surface area contributed by atoms with Crippen LogP contribution in [0.2, 0.25) is 0 Å². The van der Waals surface area contributed by atoms with Gasteiger partial charge in [0.15, 0.2) is 0 Å². The summed E-state index contributed by atoms with van der Waals surface area (Å²) >= 11 is 0. The number of hydrogen-bond acceptors (Lipinski definition) is 4. The van der Waals surface area contributed by atoms with Gasteiger partial charge in [0.05, 0.1) is 16.3 Å². The second-order valence-electron chi connectivity index (χ2n) is 7.27. The molecule has 9 heteroatoms. The summed E-state index contributed by atoms with van der Waals surface area (Å²) in [6.45, 7) is 4.88. The molecule has 0 aromatic heterocycles. The summed E-state index contributed by atoms with van der Waals surface area (Å²) in [4.78, 5) is 24.3. The van der Waals surface area contributed by atoms with Crippen LogP contribution < -0.4 is 15.4 Å². The fourth-order valence-electron chi connectivity index (χ4n) is 2.99. The van der Waals surface area contributed by atoms with Gasteiger partial charge in [-0.2, -0.15) is 0 Å². The van der Waals surface area contributed by atoms with E-state index in [4.69, 9.17) is 0 Å². The molecule has 3 aromatic rings. The number of benzene rings is 3. The maximum atomic E-state index is 13.1. The zero-order valence-electron chi connectivity index (χ0n) is 17.7. The Balaban J connectivity index is 1.90. The predicted molar refractivity (Wildman–Crippen MR) is 122 cm³/mol. The lowest BCUT2D eigenvalue weighted by atomic mass is 10.1. The normalized spacial score (nSPS) is 11.0. The van der Waals surface area contributed by atoms with E-state index in [2.05, 4.69) is 15.4 Å². The molecule has 0 aliphatic rings. The Hall–Kier alpha value is -3.72. The zero-order valence-corrected chi connectivity index (χ0v) is 18.5. The largest absolute Gasteiger partial charge is 0.325 e. The molecule has 0 heterocycles. The molecule has 0 atom stereocenters. The number of halogens is 1. The molecular weight excluding hydrogens is 433 g/mol. The van der Waals surface area contributed by atoms with Crippen LogP contribution in [0.1, 0.15) is 28.4 Å². The van der Waals surface area contributed by atoms with Crippen LogP contribution >= 0.6 is 0 Å². The second-order valence-corrected chi connectivity index (χ2v) is 8.96. The van der Waals surface area contributed by atoms with Gasteiger partial charge in [-0.15, -0.1) is 0 Å². The molecule has 0 unspecified atom stereocenters. The number of sulfonamides is 1. The first-order valence-electron chi connectivity index (χ1n) is 9.64. The van der Waals surface area contributed by atoms with Crippen LogP contribution in [0.3, 0.4) is 0 Å². The summed E-state index contributed by atoms with van der Waals surface area (Å²) < 4.78 is 41.0. The Morgan fingerprint density at radius 2 is 1.53 bits per heavy atom. The van der Waals surface area contributed by atoms with E-state index in [-0.39, 0.29) is 22.1 Å². The van der Waals surface area contributed by atoms with Gasteiger partial charge in [-0.3, -0.25) is 14.3 Å². The molecule has 3 rings (SSSR count). The van der Waals surface area contributed by atoms with Gasteiger partial charge < -0.3 is 10.6 Å². The van der Waals surface area contributed by atoms with Gasteiger partial charge in [0.1, 0.15) is 5.82 Å². The molecule has 166 valence electrons. The number of rotatable bonds is 6. The topological polar surface area (TPSA) is 104 Å². The number of hydrogen-bond donors (Lipinski definition) is 3. The number of anilines is 3. The molecule has 32 heavy (non-hydrogen) atoms. The van der Waals surface area contributed by atoms with Gasteiger partial charge in [0.2, 0.25) is 5.91 Å². The minimum atomic E-state index is -4.01. The molecule has 0 saturated carbocycles. The molecule has 3 aromatic carbocycles. The summed E-state index contributed by atoms with van der Waals surface area (Å²) in [6.07, 6.45) is 0. The number of carbonyl (C=O) groups is 2. The van der Waals surface area contributed by atoms with E-state index >= 15 is 0 Å². The number of amides is 2. The molecule has 0 saturated heterocycles. The maximum Gasteiger partial charge on any atom is 0.261 e. The maximum absolute atomic E-state index is 13.1. The first kappa shape index (κ1) is 23.0. The lowest BCUT2D eigenvalue weighted by Gasteiger charge is -2.14. The van der Waals surface area contributed by atoms with Gasteiger partial charge in [-0.05, 0) is 73.5 Å². The van der Waals surface area contributed by atoms with Crippen molar-refractivity contribution >= 4 is 38.9 Å². The van der Waals surface area contributed by atoms with E-state index in [0.29, 0.717) is 16.9 Å². The molecule has 0 aliphatic heterocycles. The van der Waals surface area contributed by atoms with E-state index < -0.39 is 21.7 Å². The molecular formula is C23H22FN3O4S. The number of aryl methyl sites for hydroxylation is 2. The van der Waals surface area contributed by atoms with Gasteiger partial charge in [-0.1, -0.05) is 12.1 Å². The van der Waals surface area contributed by atoms with Gasteiger partial charge in [-0.25, -0.2) is 12.8 Å². The predicted octanol–water partition coefficient (Wildman–Crippen LogP) is 4.45. The van der Waals surface area contributed by atoms with Crippen molar-refractivity contribution in [3.05, 3.63) is 83.2 Å². The van der Waals surface area contributed by atoms with Gasteiger partial charge in [0.25, 0.3) is 15.9 Å². The SMILES string of the molecule is CC(=O)Nc1ccc(C)cc1NC(=O)c1cc(S(=O)(=O)Nc2ccc(F)cc2)ccc1C. The van der Waals surface area contributed by atoms with Crippen molar-refractivity contribution < 1.29 is 22.4 Å². The molecule has 7 nitrogen and oxygen atoms in total. The second kappa shape index (κ2) is 9.19. The van der Waals surface area contributed by atoms with E-state index in [9.17, 15) is 22.4 Å². The van der Waals surface area contributed by atoms with Crippen LogP contribution in [0.4, 0.5) is 21.5 Å². The minimum Gasteiger partial charge on any atom is -0.325 e. The lowest BCUT2D eigenvalue weighted by molar-refractivity contribution is -0.114. The van der Waals surface area contributed by atoms with Crippen molar-refractivity contribution in [2.24, 2.45) is 0 Å². The Kier molecular flexibility index (Phi) is 6.59. The van der Waals surface area contributed by atoms with E-state index in [1.807, 2.05) is 6.92 Å². The number of carbonyl (C=O) groups excluding carboxylic acids is 2.